The number of aromatic nitrogens is 4. The Balaban J connectivity index is 0.000000233. The van der Waals surface area contributed by atoms with Crippen LogP contribution in [-0.2, 0) is 0 Å². The van der Waals surface area contributed by atoms with E-state index in [0.717, 1.165) is 28.5 Å². The molecule has 0 amide bonds. The summed E-state index contributed by atoms with van der Waals surface area (Å²) >= 11 is 3.16. The Morgan fingerprint density at radius 1 is 0.667 bits per heavy atom. The second-order valence-electron chi connectivity index (χ2n) is 5.50. The molecule has 0 aliphatic carbocycles. The third kappa shape index (κ3) is 10.1. The fourth-order valence-corrected chi connectivity index (χ4v) is 2.18. The van der Waals surface area contributed by atoms with E-state index in [1.165, 1.54) is 0 Å². The van der Waals surface area contributed by atoms with Crippen LogP contribution >= 0.6 is 15.9 Å². The first-order valence-corrected chi connectivity index (χ1v) is 9.26. The van der Waals surface area contributed by atoms with Crippen molar-refractivity contribution in [3.63, 3.8) is 0 Å². The van der Waals surface area contributed by atoms with Crippen molar-refractivity contribution in [3.8, 4) is 11.1 Å². The molecule has 2 aromatic carbocycles. The number of nitrogens with zero attached hydrogens (tertiary/aromatic N) is 4. The molecule has 7 nitrogen and oxygen atoms in total. The van der Waals surface area contributed by atoms with Gasteiger partial charge in [0.05, 0.1) is 4.47 Å². The number of rotatable bonds is 2. The van der Waals surface area contributed by atoms with Crippen molar-refractivity contribution >= 4 is 40.8 Å². The van der Waals surface area contributed by atoms with E-state index in [2.05, 4.69) is 35.9 Å². The van der Waals surface area contributed by atoms with Gasteiger partial charge in [0.2, 0.25) is 11.9 Å². The SMILES string of the molecule is Nc1ncc(-c2ccccc2)cn1.Nc1ncc(Br)cn1.O[B]c1ccccc1.[Ho]. The zero-order valence-corrected chi connectivity index (χ0v) is 19.3. The molecule has 0 aliphatic rings. The number of anilines is 2. The Morgan fingerprint density at radius 3 is 1.50 bits per heavy atom. The second kappa shape index (κ2) is 14.9. The predicted octanol–water partition coefficient (Wildman–Crippen LogP) is 2.47. The normalized spacial score (nSPS) is 9.00. The van der Waals surface area contributed by atoms with Crippen molar-refractivity contribution in [3.05, 3.63) is 89.9 Å². The van der Waals surface area contributed by atoms with Crippen molar-refractivity contribution in [1.29, 1.82) is 0 Å². The molecular weight excluding hydrogens is 596 g/mol. The summed E-state index contributed by atoms with van der Waals surface area (Å²) in [5.41, 5.74) is 13.5. The second-order valence-corrected chi connectivity index (χ2v) is 6.41. The molecule has 2 aromatic heterocycles. The summed E-state index contributed by atoms with van der Waals surface area (Å²) in [5.74, 6) is 0.605. The van der Waals surface area contributed by atoms with Crippen molar-refractivity contribution in [2.45, 2.75) is 0 Å². The van der Waals surface area contributed by atoms with Gasteiger partial charge in [-0.25, -0.2) is 19.9 Å². The summed E-state index contributed by atoms with van der Waals surface area (Å²) in [7, 11) is 1.08. The summed E-state index contributed by atoms with van der Waals surface area (Å²) < 4.78 is 0.840. The predicted molar refractivity (Wildman–Crippen MR) is 120 cm³/mol. The number of nitrogen functional groups attached to an aromatic ring is 2. The molecule has 30 heavy (non-hydrogen) atoms. The number of nitrogens with two attached hydrogens (primary N) is 2. The van der Waals surface area contributed by atoms with Crippen LogP contribution in [0.2, 0.25) is 0 Å². The van der Waals surface area contributed by atoms with Gasteiger partial charge in [0.1, 0.15) is 0 Å². The summed E-state index contributed by atoms with van der Waals surface area (Å²) in [6.07, 6.45) is 6.64. The minimum Gasteiger partial charge on any atom is -0.450 e. The first-order chi connectivity index (χ1) is 14.1. The van der Waals surface area contributed by atoms with Crippen LogP contribution in [0.15, 0.2) is 89.9 Å². The van der Waals surface area contributed by atoms with Crippen molar-refractivity contribution in [1.82, 2.24) is 19.9 Å². The topological polar surface area (TPSA) is 124 Å². The summed E-state index contributed by atoms with van der Waals surface area (Å²) in [5, 5.41) is 8.41. The number of halogens is 1. The minimum absolute atomic E-state index is 0. The molecule has 2 radical (unpaired) electrons. The van der Waals surface area contributed by atoms with Gasteiger partial charge in [-0.2, -0.15) is 0 Å². The number of hydrogen-bond donors (Lipinski definition) is 3. The number of benzene rings is 2. The minimum atomic E-state index is 0. The van der Waals surface area contributed by atoms with Gasteiger partial charge in [-0.15, -0.1) is 0 Å². The Hall–Kier alpha value is -2.04. The van der Waals surface area contributed by atoms with Gasteiger partial charge in [-0.3, -0.25) is 0 Å². The Morgan fingerprint density at radius 2 is 1.10 bits per heavy atom. The van der Waals surface area contributed by atoms with Gasteiger partial charge in [0, 0.05) is 68.1 Å². The summed E-state index contributed by atoms with van der Waals surface area (Å²) in [6.45, 7) is 0. The van der Waals surface area contributed by atoms with Gasteiger partial charge in [-0.1, -0.05) is 66.1 Å². The third-order valence-electron chi connectivity index (χ3n) is 3.37. The van der Waals surface area contributed by atoms with E-state index in [0.29, 0.717) is 11.9 Å². The van der Waals surface area contributed by atoms with Crippen molar-refractivity contribution in [2.24, 2.45) is 0 Å². The van der Waals surface area contributed by atoms with Gasteiger partial charge < -0.3 is 16.5 Å². The van der Waals surface area contributed by atoms with Crippen LogP contribution in [0, 0.1) is 37.7 Å². The molecule has 0 unspecified atom stereocenters. The van der Waals surface area contributed by atoms with Crippen molar-refractivity contribution < 1.29 is 42.8 Å². The van der Waals surface area contributed by atoms with Gasteiger partial charge in [0.25, 0.3) is 0 Å². The van der Waals surface area contributed by atoms with E-state index >= 15 is 0 Å². The van der Waals surface area contributed by atoms with Crippen LogP contribution in [0.25, 0.3) is 11.1 Å². The van der Waals surface area contributed by atoms with Gasteiger partial charge in [-0.05, 0) is 21.5 Å². The molecule has 4 aromatic rings. The molecule has 2 heterocycles. The molecule has 0 bridgehead atoms. The molecule has 0 spiro atoms. The van der Waals surface area contributed by atoms with E-state index in [1.54, 1.807) is 24.8 Å². The van der Waals surface area contributed by atoms with Crippen LogP contribution in [-0.4, -0.2) is 32.4 Å². The van der Waals surface area contributed by atoms with E-state index < -0.39 is 0 Å². The monoisotopic (exact) mass is 614 g/mol. The fourth-order valence-electron chi connectivity index (χ4n) is 1.98. The van der Waals surface area contributed by atoms with Crippen molar-refractivity contribution in [2.75, 3.05) is 11.5 Å². The van der Waals surface area contributed by atoms with Crippen LogP contribution in [0.4, 0.5) is 11.9 Å². The van der Waals surface area contributed by atoms with Crippen LogP contribution in [0.3, 0.4) is 0 Å². The Labute approximate surface area is 214 Å². The maximum Gasteiger partial charge on any atom is 0.326 e. The van der Waals surface area contributed by atoms with Gasteiger partial charge in [0.15, 0.2) is 0 Å². The largest absolute Gasteiger partial charge is 0.450 e. The maximum absolute atomic E-state index is 8.41. The number of hydrogen-bond acceptors (Lipinski definition) is 7. The first-order valence-electron chi connectivity index (χ1n) is 8.47. The van der Waals surface area contributed by atoms with E-state index in [1.807, 2.05) is 60.7 Å². The standard InChI is InChI=1S/C10H9N3.C6H6BO.C4H4BrN3.Ho/c11-10-12-6-9(7-13-10)8-4-2-1-3-5-8;8-7-6-4-2-1-3-5-6;5-3-1-7-4(6)8-2-3;/h1-7H,(H2,11,12,13);1-5,8H;1-2H,(H2,6,7,8);. The smallest absolute Gasteiger partial charge is 0.326 e. The Bertz CT molecular complexity index is 943. The van der Waals surface area contributed by atoms with Gasteiger partial charge >= 0.3 is 7.48 Å². The first kappa shape index (κ1) is 26.0. The van der Waals surface area contributed by atoms with Crippen LogP contribution in [0.5, 0.6) is 0 Å². The quantitative estimate of drug-likeness (QED) is 0.297. The maximum atomic E-state index is 8.41. The van der Waals surface area contributed by atoms with E-state index in [4.69, 9.17) is 16.5 Å². The van der Waals surface area contributed by atoms with E-state index in [9.17, 15) is 0 Å². The molecule has 0 fully saturated rings. The average molecular weight is 615 g/mol. The summed E-state index contributed by atoms with van der Waals surface area (Å²) in [4.78, 5) is 15.2. The van der Waals surface area contributed by atoms with E-state index in [-0.39, 0.29) is 37.7 Å². The molecular formula is C20H19BBrHoN6O. The third-order valence-corrected chi connectivity index (χ3v) is 3.78. The average Bonchev–Trinajstić information content (AvgIpc) is 2.78. The van der Waals surface area contributed by atoms with Crippen LogP contribution in [0.1, 0.15) is 0 Å². The van der Waals surface area contributed by atoms with Crippen LogP contribution < -0.4 is 16.9 Å². The summed E-state index contributed by atoms with van der Waals surface area (Å²) in [6, 6.07) is 19.3. The molecule has 0 atom stereocenters. The zero-order chi connectivity index (χ0) is 20.9. The molecule has 0 saturated heterocycles. The molecule has 10 heteroatoms. The molecule has 5 N–H and O–H groups in total. The molecule has 0 aliphatic heterocycles. The molecule has 4 rings (SSSR count). The molecule has 156 valence electrons. The zero-order valence-electron chi connectivity index (χ0n) is 15.7. The Kier molecular flexibility index (Phi) is 12.9. The molecule has 0 saturated carbocycles. The fraction of sp³-hybridized carbons (Fsp3) is 0.